The molecule has 0 saturated heterocycles. The molecule has 34 valence electrons. The van der Waals surface area contributed by atoms with Gasteiger partial charge in [-0.2, -0.15) is 0 Å². The molecule has 0 aromatic heterocycles. The first-order chi connectivity index (χ1) is 2.77. The van der Waals surface area contributed by atoms with Crippen LogP contribution in [0, 0.1) is 12.3 Å². The zero-order chi connectivity index (χ0) is 4.99. The maximum absolute atomic E-state index is 4.99. The van der Waals surface area contributed by atoms with Crippen molar-refractivity contribution in [2.75, 3.05) is 18.3 Å². The lowest BCUT2D eigenvalue weighted by atomic mass is 10.8. The van der Waals surface area contributed by atoms with E-state index in [4.69, 9.17) is 6.42 Å². The maximum atomic E-state index is 4.99. The summed E-state index contributed by atoms with van der Waals surface area (Å²) < 4.78 is 0. The van der Waals surface area contributed by atoms with Crippen LogP contribution in [0.3, 0.4) is 0 Å². The van der Waals surface area contributed by atoms with E-state index in [9.17, 15) is 0 Å². The molecule has 0 spiro atoms. The standard InChI is InChI=1S/C5H9S/c1-4-5-6(2)3/h1H,5H2,2-3H3/q+1. The molecule has 0 fully saturated rings. The average molecular weight is 101 g/mol. The lowest BCUT2D eigenvalue weighted by Gasteiger charge is -1.81. The highest BCUT2D eigenvalue weighted by molar-refractivity contribution is 7.95. The summed E-state index contributed by atoms with van der Waals surface area (Å²) in [6.07, 6.45) is 9.26. The van der Waals surface area contributed by atoms with Gasteiger partial charge >= 0.3 is 0 Å². The molecule has 0 unspecified atom stereocenters. The lowest BCUT2D eigenvalue weighted by Crippen LogP contribution is -1.96. The van der Waals surface area contributed by atoms with Crippen LogP contribution in [-0.4, -0.2) is 18.3 Å². The van der Waals surface area contributed by atoms with Gasteiger partial charge in [0, 0.05) is 0 Å². The van der Waals surface area contributed by atoms with Crippen molar-refractivity contribution >= 4 is 10.9 Å². The first kappa shape index (κ1) is 5.91. The second-order valence-corrected chi connectivity index (χ2v) is 3.59. The van der Waals surface area contributed by atoms with Gasteiger partial charge in [0.1, 0.15) is 0 Å². The SMILES string of the molecule is C#CC[S+](C)C. The lowest BCUT2D eigenvalue weighted by molar-refractivity contribution is 1.89. The zero-order valence-electron chi connectivity index (χ0n) is 4.19. The van der Waals surface area contributed by atoms with Crippen molar-refractivity contribution in [1.29, 1.82) is 0 Å². The van der Waals surface area contributed by atoms with Crippen LogP contribution in [0.5, 0.6) is 0 Å². The van der Waals surface area contributed by atoms with Crippen LogP contribution < -0.4 is 0 Å². The second kappa shape index (κ2) is 3.11. The van der Waals surface area contributed by atoms with Crippen LogP contribution in [0.1, 0.15) is 0 Å². The van der Waals surface area contributed by atoms with Crippen molar-refractivity contribution < 1.29 is 0 Å². The molecule has 0 heterocycles. The number of hydrogen-bond acceptors (Lipinski definition) is 0. The van der Waals surface area contributed by atoms with Gasteiger partial charge in [-0.05, 0) is 10.9 Å². The summed E-state index contributed by atoms with van der Waals surface area (Å²) in [5.41, 5.74) is 0. The summed E-state index contributed by atoms with van der Waals surface area (Å²) in [4.78, 5) is 0. The molecular weight excluding hydrogens is 92.1 g/mol. The molecule has 0 N–H and O–H groups in total. The molecule has 0 aliphatic carbocycles. The molecule has 0 aliphatic rings. The highest BCUT2D eigenvalue weighted by atomic mass is 32.2. The molecule has 0 rings (SSSR count). The molecule has 0 nitrogen and oxygen atoms in total. The summed E-state index contributed by atoms with van der Waals surface area (Å²) in [6, 6.07) is 0. The van der Waals surface area contributed by atoms with Crippen molar-refractivity contribution in [1.82, 2.24) is 0 Å². The smallest absolute Gasteiger partial charge is 0.115 e. The van der Waals surface area contributed by atoms with Crippen LogP contribution in [-0.2, 0) is 10.9 Å². The fraction of sp³-hybridized carbons (Fsp3) is 0.600. The quantitative estimate of drug-likeness (QED) is 0.333. The van der Waals surface area contributed by atoms with Crippen molar-refractivity contribution in [3.8, 4) is 12.3 Å². The molecule has 0 atom stereocenters. The summed E-state index contributed by atoms with van der Waals surface area (Å²) in [7, 11) is 0.448. The van der Waals surface area contributed by atoms with Crippen LogP contribution in [0.15, 0.2) is 0 Å². The summed E-state index contributed by atoms with van der Waals surface area (Å²) >= 11 is 0. The Balaban J connectivity index is 2.88. The van der Waals surface area contributed by atoms with Gasteiger partial charge in [-0.1, -0.05) is 5.92 Å². The van der Waals surface area contributed by atoms with Gasteiger partial charge in [-0.25, -0.2) is 0 Å². The van der Waals surface area contributed by atoms with Gasteiger partial charge in [0.15, 0.2) is 5.75 Å². The predicted octanol–water partition coefficient (Wildman–Crippen LogP) is 0.497. The molecule has 0 aromatic carbocycles. The van der Waals surface area contributed by atoms with Gasteiger partial charge in [0.25, 0.3) is 0 Å². The van der Waals surface area contributed by atoms with E-state index in [1.807, 2.05) is 0 Å². The molecular formula is C5H9S+. The largest absolute Gasteiger partial charge is 0.167 e. The summed E-state index contributed by atoms with van der Waals surface area (Å²) in [5, 5.41) is 0. The molecule has 0 aromatic rings. The van der Waals surface area contributed by atoms with Crippen LogP contribution in [0.4, 0.5) is 0 Å². The molecule has 0 bridgehead atoms. The second-order valence-electron chi connectivity index (χ2n) is 1.33. The highest BCUT2D eigenvalue weighted by Gasteiger charge is 1.92. The Hall–Kier alpha value is -0.0900. The fourth-order valence-corrected chi connectivity index (χ4v) is 0.500. The van der Waals surface area contributed by atoms with Crippen LogP contribution >= 0.6 is 0 Å². The number of rotatable bonds is 1. The van der Waals surface area contributed by atoms with Crippen molar-refractivity contribution in [3.63, 3.8) is 0 Å². The van der Waals surface area contributed by atoms with Gasteiger partial charge in [0.05, 0.1) is 12.5 Å². The normalized spacial score (nSPS) is 8.33. The minimum absolute atomic E-state index is 0.448. The minimum atomic E-state index is 0.448. The maximum Gasteiger partial charge on any atom is 0.167 e. The van der Waals surface area contributed by atoms with Crippen molar-refractivity contribution in [3.05, 3.63) is 0 Å². The van der Waals surface area contributed by atoms with E-state index in [1.165, 1.54) is 0 Å². The number of terminal acetylenes is 1. The first-order valence-corrected chi connectivity index (χ1v) is 3.96. The molecule has 0 saturated carbocycles. The molecule has 0 radical (unpaired) electrons. The van der Waals surface area contributed by atoms with Gasteiger partial charge in [0.2, 0.25) is 0 Å². The van der Waals surface area contributed by atoms with Crippen molar-refractivity contribution in [2.45, 2.75) is 0 Å². The van der Waals surface area contributed by atoms with E-state index in [1.54, 1.807) is 0 Å². The van der Waals surface area contributed by atoms with Gasteiger partial charge in [-0.15, -0.1) is 6.42 Å². The van der Waals surface area contributed by atoms with Crippen LogP contribution in [0.25, 0.3) is 0 Å². The Labute approximate surface area is 42.3 Å². The van der Waals surface area contributed by atoms with Gasteiger partial charge < -0.3 is 0 Å². The Morgan fingerprint density at radius 1 is 1.67 bits per heavy atom. The Bertz CT molecular complexity index is 58.8. The minimum Gasteiger partial charge on any atom is -0.115 e. The van der Waals surface area contributed by atoms with Gasteiger partial charge in [-0.3, -0.25) is 0 Å². The topological polar surface area (TPSA) is 0 Å². The van der Waals surface area contributed by atoms with Crippen molar-refractivity contribution in [2.24, 2.45) is 0 Å². The highest BCUT2D eigenvalue weighted by Crippen LogP contribution is 1.77. The molecule has 0 aliphatic heterocycles. The zero-order valence-corrected chi connectivity index (χ0v) is 5.01. The molecule has 0 amide bonds. The first-order valence-electron chi connectivity index (χ1n) is 1.75. The van der Waals surface area contributed by atoms with E-state index in [-0.39, 0.29) is 0 Å². The third-order valence-electron chi connectivity index (χ3n) is 0.372. The van der Waals surface area contributed by atoms with E-state index >= 15 is 0 Å². The Kier molecular flexibility index (Phi) is 3.07. The van der Waals surface area contributed by atoms with E-state index in [0.717, 1.165) is 5.75 Å². The Morgan fingerprint density at radius 2 is 2.17 bits per heavy atom. The Morgan fingerprint density at radius 3 is 2.17 bits per heavy atom. The van der Waals surface area contributed by atoms with E-state index < -0.39 is 0 Å². The number of hydrogen-bond donors (Lipinski definition) is 0. The van der Waals surface area contributed by atoms with E-state index in [0.29, 0.717) is 10.9 Å². The third-order valence-corrected chi connectivity index (χ3v) is 1.12. The van der Waals surface area contributed by atoms with E-state index in [2.05, 4.69) is 18.4 Å². The molecule has 1 heteroatoms. The predicted molar refractivity (Wildman–Crippen MR) is 32.9 cm³/mol. The molecule has 6 heavy (non-hydrogen) atoms. The third kappa shape index (κ3) is 3.91. The fourth-order valence-electron chi connectivity index (χ4n) is 0.167. The summed E-state index contributed by atoms with van der Waals surface area (Å²) in [5.74, 6) is 3.51. The van der Waals surface area contributed by atoms with Crippen LogP contribution in [0.2, 0.25) is 0 Å². The summed E-state index contributed by atoms with van der Waals surface area (Å²) in [6.45, 7) is 0. The monoisotopic (exact) mass is 101 g/mol. The average Bonchev–Trinajstić information content (AvgIpc) is 1.35.